The van der Waals surface area contributed by atoms with Gasteiger partial charge in [-0.25, -0.2) is 9.97 Å². The molecular formula is C26H22N4O. The maximum Gasteiger partial charge on any atom is 0.150 e. The highest BCUT2D eigenvalue weighted by atomic mass is 16.5. The molecule has 2 heterocycles. The van der Waals surface area contributed by atoms with Crippen molar-refractivity contribution >= 4 is 11.3 Å². The van der Waals surface area contributed by atoms with Crippen molar-refractivity contribution in [1.82, 2.24) is 14.4 Å². The normalized spacial score (nSPS) is 11.0. The van der Waals surface area contributed by atoms with Crippen LogP contribution in [-0.2, 0) is 6.61 Å². The van der Waals surface area contributed by atoms with Crippen molar-refractivity contribution in [3.05, 3.63) is 102 Å². The molecule has 0 spiro atoms. The van der Waals surface area contributed by atoms with Crippen LogP contribution >= 0.6 is 0 Å². The van der Waals surface area contributed by atoms with E-state index in [2.05, 4.69) is 30.1 Å². The monoisotopic (exact) mass is 406 g/mol. The Kier molecular flexibility index (Phi) is 4.84. The summed E-state index contributed by atoms with van der Waals surface area (Å²) in [6.07, 6.45) is 3.60. The summed E-state index contributed by atoms with van der Waals surface area (Å²) in [4.78, 5) is 9.28. The van der Waals surface area contributed by atoms with Crippen molar-refractivity contribution in [3.8, 4) is 28.4 Å². The second-order valence-electron chi connectivity index (χ2n) is 7.49. The molecular weight excluding hydrogens is 384 g/mol. The maximum absolute atomic E-state index is 6.29. The Morgan fingerprint density at radius 3 is 2.55 bits per heavy atom. The zero-order valence-electron chi connectivity index (χ0n) is 17.2. The van der Waals surface area contributed by atoms with Crippen LogP contribution in [0.1, 0.15) is 11.1 Å². The molecule has 152 valence electrons. The molecule has 31 heavy (non-hydrogen) atoms. The van der Waals surface area contributed by atoms with Gasteiger partial charge in [0, 0.05) is 23.5 Å². The molecule has 0 radical (unpaired) electrons. The Morgan fingerprint density at radius 2 is 1.71 bits per heavy atom. The third-order valence-electron chi connectivity index (χ3n) is 5.22. The van der Waals surface area contributed by atoms with Crippen LogP contribution in [0.5, 0.6) is 5.75 Å². The molecule has 5 rings (SSSR count). The van der Waals surface area contributed by atoms with Crippen molar-refractivity contribution in [2.75, 3.05) is 5.73 Å². The number of aromatic nitrogens is 3. The van der Waals surface area contributed by atoms with Gasteiger partial charge in [0.15, 0.2) is 0 Å². The summed E-state index contributed by atoms with van der Waals surface area (Å²) in [6, 6.07) is 26.3. The number of rotatable bonds is 5. The first-order valence-corrected chi connectivity index (χ1v) is 10.2. The lowest BCUT2D eigenvalue weighted by molar-refractivity contribution is 0.306. The average Bonchev–Trinajstić information content (AvgIpc) is 3.20. The summed E-state index contributed by atoms with van der Waals surface area (Å²) in [7, 11) is 0. The van der Waals surface area contributed by atoms with E-state index in [9.17, 15) is 0 Å². The molecule has 5 nitrogen and oxygen atoms in total. The lowest BCUT2D eigenvalue weighted by Gasteiger charge is -2.08. The lowest BCUT2D eigenvalue weighted by atomic mass is 10.1. The topological polar surface area (TPSA) is 65.4 Å². The molecule has 0 saturated heterocycles. The predicted octanol–water partition coefficient (Wildman–Crippen LogP) is 5.53. The van der Waals surface area contributed by atoms with Gasteiger partial charge in [0.05, 0.1) is 0 Å². The van der Waals surface area contributed by atoms with Gasteiger partial charge in [-0.15, -0.1) is 0 Å². The van der Waals surface area contributed by atoms with E-state index in [1.54, 1.807) is 6.20 Å². The fraction of sp³-hybridized carbons (Fsp3) is 0.0769. The Hall–Kier alpha value is -4.12. The molecule has 0 bridgehead atoms. The zero-order chi connectivity index (χ0) is 21.2. The van der Waals surface area contributed by atoms with E-state index < -0.39 is 0 Å². The van der Waals surface area contributed by atoms with E-state index in [1.165, 1.54) is 5.56 Å². The van der Waals surface area contributed by atoms with E-state index in [1.807, 2.05) is 71.3 Å². The molecule has 5 aromatic rings. The molecule has 2 aromatic heterocycles. The van der Waals surface area contributed by atoms with Crippen LogP contribution in [0.15, 0.2) is 91.3 Å². The van der Waals surface area contributed by atoms with Crippen LogP contribution in [0.3, 0.4) is 0 Å². The zero-order valence-corrected chi connectivity index (χ0v) is 17.2. The molecule has 0 aliphatic carbocycles. The van der Waals surface area contributed by atoms with Gasteiger partial charge in [0.2, 0.25) is 0 Å². The van der Waals surface area contributed by atoms with Crippen molar-refractivity contribution in [1.29, 1.82) is 0 Å². The first kappa shape index (κ1) is 18.9. The van der Waals surface area contributed by atoms with Gasteiger partial charge in [0.25, 0.3) is 0 Å². The number of hydrogen-bond acceptors (Lipinski definition) is 4. The molecule has 0 aliphatic rings. The average molecular weight is 406 g/mol. The van der Waals surface area contributed by atoms with Crippen molar-refractivity contribution in [3.63, 3.8) is 0 Å². The van der Waals surface area contributed by atoms with Crippen LogP contribution in [0.2, 0.25) is 0 Å². The van der Waals surface area contributed by atoms with Crippen LogP contribution in [0, 0.1) is 6.92 Å². The SMILES string of the molecule is Cc1cccc(-c2nc(-c3cccc(OCc4ccccc4)c3)c3c(N)nccn23)c1. The Morgan fingerprint density at radius 1 is 0.903 bits per heavy atom. The maximum atomic E-state index is 6.29. The van der Waals surface area contributed by atoms with E-state index in [0.29, 0.717) is 12.4 Å². The number of anilines is 1. The molecule has 3 aromatic carbocycles. The minimum atomic E-state index is 0.444. The summed E-state index contributed by atoms with van der Waals surface area (Å²) < 4.78 is 8.03. The fourth-order valence-electron chi connectivity index (χ4n) is 3.73. The van der Waals surface area contributed by atoms with Crippen LogP contribution < -0.4 is 10.5 Å². The highest BCUT2D eigenvalue weighted by Crippen LogP contribution is 2.33. The number of fused-ring (bicyclic) bond motifs is 1. The molecule has 0 aliphatic heterocycles. The molecule has 0 saturated carbocycles. The van der Waals surface area contributed by atoms with Gasteiger partial charge in [-0.3, -0.25) is 4.40 Å². The highest BCUT2D eigenvalue weighted by molar-refractivity contribution is 5.88. The Bertz CT molecular complexity index is 1360. The predicted molar refractivity (Wildman–Crippen MR) is 124 cm³/mol. The summed E-state index contributed by atoms with van der Waals surface area (Å²) >= 11 is 0. The summed E-state index contributed by atoms with van der Waals surface area (Å²) in [6.45, 7) is 2.58. The number of aryl methyl sites for hydroxylation is 1. The number of nitrogens with zero attached hydrogens (tertiary/aromatic N) is 3. The number of nitrogen functional groups attached to an aromatic ring is 1. The molecule has 5 heteroatoms. The van der Waals surface area contributed by atoms with E-state index >= 15 is 0 Å². The van der Waals surface area contributed by atoms with E-state index in [0.717, 1.165) is 39.5 Å². The van der Waals surface area contributed by atoms with Gasteiger partial charge >= 0.3 is 0 Å². The standard InChI is InChI=1S/C26H22N4O/c1-18-7-5-11-21(15-18)26-29-23(24-25(27)28-13-14-30(24)26)20-10-6-12-22(16-20)31-17-19-8-3-2-4-9-19/h2-16H,17H2,1H3,(H2,27,28). The van der Waals surface area contributed by atoms with Crippen molar-refractivity contribution in [2.24, 2.45) is 0 Å². The minimum absolute atomic E-state index is 0.444. The van der Waals surface area contributed by atoms with Crippen molar-refractivity contribution in [2.45, 2.75) is 13.5 Å². The molecule has 0 unspecified atom stereocenters. The summed E-state index contributed by atoms with van der Waals surface area (Å²) in [5.74, 6) is 2.06. The first-order chi connectivity index (χ1) is 15.2. The molecule has 2 N–H and O–H groups in total. The number of ether oxygens (including phenoxy) is 1. The van der Waals surface area contributed by atoms with Crippen LogP contribution in [0.25, 0.3) is 28.2 Å². The number of imidazole rings is 1. The number of hydrogen-bond donors (Lipinski definition) is 1. The molecule has 0 amide bonds. The number of nitrogens with two attached hydrogens (primary N) is 1. The first-order valence-electron chi connectivity index (χ1n) is 10.2. The van der Waals surface area contributed by atoms with Gasteiger partial charge in [-0.2, -0.15) is 0 Å². The third-order valence-corrected chi connectivity index (χ3v) is 5.22. The number of benzene rings is 3. The van der Waals surface area contributed by atoms with Crippen LogP contribution in [-0.4, -0.2) is 14.4 Å². The lowest BCUT2D eigenvalue weighted by Crippen LogP contribution is -1.97. The van der Waals surface area contributed by atoms with Gasteiger partial charge in [0.1, 0.15) is 35.2 Å². The Balaban J connectivity index is 1.57. The van der Waals surface area contributed by atoms with Crippen LogP contribution in [0.4, 0.5) is 5.82 Å². The summed E-state index contributed by atoms with van der Waals surface area (Å²) in [5, 5.41) is 0. The smallest absolute Gasteiger partial charge is 0.150 e. The van der Waals surface area contributed by atoms with Gasteiger partial charge < -0.3 is 10.5 Å². The van der Waals surface area contributed by atoms with E-state index in [-0.39, 0.29) is 0 Å². The largest absolute Gasteiger partial charge is 0.489 e. The Labute approximate surface area is 180 Å². The molecule has 0 atom stereocenters. The molecule has 0 fully saturated rings. The van der Waals surface area contributed by atoms with Gasteiger partial charge in [-0.1, -0.05) is 66.2 Å². The van der Waals surface area contributed by atoms with Crippen molar-refractivity contribution < 1.29 is 4.74 Å². The van der Waals surface area contributed by atoms with Gasteiger partial charge in [-0.05, 0) is 30.7 Å². The highest BCUT2D eigenvalue weighted by Gasteiger charge is 2.17. The fourth-order valence-corrected chi connectivity index (χ4v) is 3.73. The quantitative estimate of drug-likeness (QED) is 0.417. The summed E-state index contributed by atoms with van der Waals surface area (Å²) in [5.41, 5.74) is 12.1. The second kappa shape index (κ2) is 7.95. The third kappa shape index (κ3) is 3.73. The minimum Gasteiger partial charge on any atom is -0.489 e. The second-order valence-corrected chi connectivity index (χ2v) is 7.49. The van der Waals surface area contributed by atoms with E-state index in [4.69, 9.17) is 15.5 Å².